The van der Waals surface area contributed by atoms with E-state index in [-0.39, 0.29) is 16.7 Å². The molecule has 0 aliphatic heterocycles. The highest BCUT2D eigenvalue weighted by molar-refractivity contribution is 9.14. The number of aliphatic hydroxyl groups is 2. The Labute approximate surface area is 102 Å². The van der Waals surface area contributed by atoms with Gasteiger partial charge in [0.05, 0.1) is 4.48 Å². The van der Waals surface area contributed by atoms with E-state index in [1.54, 1.807) is 0 Å². The van der Waals surface area contributed by atoms with E-state index >= 15 is 0 Å². The number of halogens is 2. The molecule has 1 rings (SSSR count). The minimum atomic E-state index is -1.80. The summed E-state index contributed by atoms with van der Waals surface area (Å²) < 4.78 is 2.75. The summed E-state index contributed by atoms with van der Waals surface area (Å²) in [5.74, 6) is -1.50. The number of ketones is 1. The average molecular weight is 344 g/mol. The second-order valence-corrected chi connectivity index (χ2v) is 5.06. The second-order valence-electron chi connectivity index (χ2n) is 3.05. The van der Waals surface area contributed by atoms with Crippen molar-refractivity contribution in [2.75, 3.05) is 0 Å². The average Bonchev–Trinajstić information content (AvgIpc) is 2.10. The number of ether oxygens (including phenoxy) is 1. The van der Waals surface area contributed by atoms with Gasteiger partial charge in [0.1, 0.15) is 6.10 Å². The minimum Gasteiger partial charge on any atom is -0.422 e. The predicted octanol–water partition coefficient (Wildman–Crippen LogP) is 0.573. The zero-order valence-electron chi connectivity index (χ0n) is 7.66. The van der Waals surface area contributed by atoms with Crippen LogP contribution in [-0.2, 0) is 14.3 Å². The number of Topliss-reactive ketones (excluding diaryl/α,β-unsaturated/α-hetero) is 1. The highest BCUT2D eigenvalue weighted by atomic mass is 79.9. The van der Waals surface area contributed by atoms with Crippen LogP contribution in [0.15, 0.2) is 10.2 Å². The van der Waals surface area contributed by atoms with Gasteiger partial charge in [0, 0.05) is 13.3 Å². The Bertz CT molecular complexity index is 347. The minimum absolute atomic E-state index is 0.0889. The van der Waals surface area contributed by atoms with E-state index < -0.39 is 22.4 Å². The van der Waals surface area contributed by atoms with Gasteiger partial charge in [-0.15, -0.1) is 0 Å². The van der Waals surface area contributed by atoms with Crippen LogP contribution in [-0.4, -0.2) is 32.6 Å². The molecule has 2 N–H and O–H groups in total. The van der Waals surface area contributed by atoms with Crippen LogP contribution in [0.4, 0.5) is 0 Å². The summed E-state index contributed by atoms with van der Waals surface area (Å²) in [6, 6.07) is 0. The molecule has 0 saturated carbocycles. The van der Waals surface area contributed by atoms with Gasteiger partial charge in [-0.2, -0.15) is 0 Å². The van der Waals surface area contributed by atoms with Gasteiger partial charge in [0.2, 0.25) is 5.78 Å². The molecule has 0 radical (unpaired) electrons. The molecular formula is C8H8Br2O5. The molecule has 7 heteroatoms. The van der Waals surface area contributed by atoms with Crippen molar-refractivity contribution in [1.29, 1.82) is 0 Å². The van der Waals surface area contributed by atoms with Gasteiger partial charge in [0.25, 0.3) is 0 Å². The van der Waals surface area contributed by atoms with E-state index in [0.717, 1.165) is 6.92 Å². The normalized spacial score (nSPS) is 31.8. The lowest BCUT2D eigenvalue weighted by molar-refractivity contribution is -0.142. The maximum Gasteiger partial charge on any atom is 0.308 e. The Balaban J connectivity index is 3.15. The molecule has 0 fully saturated rings. The second kappa shape index (κ2) is 4.32. The number of esters is 1. The molecule has 0 aromatic heterocycles. The van der Waals surface area contributed by atoms with E-state index in [4.69, 9.17) is 0 Å². The number of carbonyl (C=O) groups excluding carboxylic acids is 2. The quantitative estimate of drug-likeness (QED) is 0.537. The monoisotopic (exact) mass is 342 g/mol. The summed E-state index contributed by atoms with van der Waals surface area (Å²) in [6.45, 7) is 1.14. The van der Waals surface area contributed by atoms with Gasteiger partial charge in [-0.3, -0.25) is 9.59 Å². The lowest BCUT2D eigenvalue weighted by atomic mass is 9.99. The molecule has 2 unspecified atom stereocenters. The molecule has 0 heterocycles. The molecule has 1 aliphatic carbocycles. The van der Waals surface area contributed by atoms with Crippen LogP contribution in [0.5, 0.6) is 0 Å². The van der Waals surface area contributed by atoms with Gasteiger partial charge in [-0.05, 0) is 31.9 Å². The van der Waals surface area contributed by atoms with Crippen LogP contribution in [0.2, 0.25) is 0 Å². The van der Waals surface area contributed by atoms with E-state index in [0.29, 0.717) is 0 Å². The van der Waals surface area contributed by atoms with Crippen LogP contribution < -0.4 is 0 Å². The van der Waals surface area contributed by atoms with Crippen molar-refractivity contribution in [2.24, 2.45) is 0 Å². The Morgan fingerprint density at radius 3 is 2.67 bits per heavy atom. The number of rotatable bonds is 1. The van der Waals surface area contributed by atoms with Gasteiger partial charge in [0.15, 0.2) is 10.3 Å². The van der Waals surface area contributed by atoms with E-state index in [1.807, 2.05) is 0 Å². The Morgan fingerprint density at radius 2 is 2.20 bits per heavy atom. The smallest absolute Gasteiger partial charge is 0.308 e. The van der Waals surface area contributed by atoms with Crippen LogP contribution in [0.1, 0.15) is 13.3 Å². The summed E-state index contributed by atoms with van der Waals surface area (Å²) in [6.07, 6.45) is -1.61. The molecular weight excluding hydrogens is 336 g/mol. The number of carbonyl (C=O) groups is 2. The molecule has 0 bridgehead atoms. The molecule has 15 heavy (non-hydrogen) atoms. The maximum atomic E-state index is 11.4. The molecule has 2 atom stereocenters. The Hall–Kier alpha value is -0.240. The topological polar surface area (TPSA) is 83.8 Å². The standard InChI is InChI=1S/C8H8Br2O5/c1-3(11)15-6-4(12)2-5(13)8(10,14)7(6)9/h5,13-14H,2H2,1H3. The first-order valence-electron chi connectivity index (χ1n) is 3.98. The fourth-order valence-corrected chi connectivity index (χ4v) is 1.99. The maximum absolute atomic E-state index is 11.4. The van der Waals surface area contributed by atoms with Crippen molar-refractivity contribution in [1.82, 2.24) is 0 Å². The zero-order valence-corrected chi connectivity index (χ0v) is 10.8. The summed E-state index contributed by atoms with van der Waals surface area (Å²) in [7, 11) is 0. The third-order valence-corrected chi connectivity index (χ3v) is 4.25. The van der Waals surface area contributed by atoms with Crippen molar-refractivity contribution in [3.63, 3.8) is 0 Å². The third-order valence-electron chi connectivity index (χ3n) is 1.83. The number of aliphatic hydroxyl groups excluding tert-OH is 1. The Kier molecular flexibility index (Phi) is 3.70. The zero-order chi connectivity index (χ0) is 11.8. The van der Waals surface area contributed by atoms with Crippen LogP contribution >= 0.6 is 31.9 Å². The van der Waals surface area contributed by atoms with Crippen molar-refractivity contribution >= 4 is 43.6 Å². The first kappa shape index (κ1) is 12.8. The van der Waals surface area contributed by atoms with Crippen LogP contribution in [0.3, 0.4) is 0 Å². The molecule has 0 spiro atoms. The van der Waals surface area contributed by atoms with E-state index in [2.05, 4.69) is 36.6 Å². The number of hydrogen-bond acceptors (Lipinski definition) is 5. The van der Waals surface area contributed by atoms with Crippen molar-refractivity contribution < 1.29 is 24.5 Å². The lowest BCUT2D eigenvalue weighted by Crippen LogP contribution is -2.43. The Morgan fingerprint density at radius 1 is 1.67 bits per heavy atom. The molecule has 0 aromatic rings. The van der Waals surface area contributed by atoms with Gasteiger partial charge >= 0.3 is 5.97 Å². The predicted molar refractivity (Wildman–Crippen MR) is 57.2 cm³/mol. The van der Waals surface area contributed by atoms with Gasteiger partial charge in [-0.1, -0.05) is 0 Å². The molecule has 0 saturated heterocycles. The van der Waals surface area contributed by atoms with E-state index in [9.17, 15) is 19.8 Å². The molecule has 1 aliphatic rings. The highest BCUT2D eigenvalue weighted by Crippen LogP contribution is 2.40. The fourth-order valence-electron chi connectivity index (χ4n) is 1.08. The molecule has 5 nitrogen and oxygen atoms in total. The van der Waals surface area contributed by atoms with Crippen molar-refractivity contribution in [2.45, 2.75) is 24.0 Å². The number of allylic oxidation sites excluding steroid dienone is 1. The molecule has 0 amide bonds. The fraction of sp³-hybridized carbons (Fsp3) is 0.500. The molecule has 0 aromatic carbocycles. The lowest BCUT2D eigenvalue weighted by Gasteiger charge is -2.31. The largest absolute Gasteiger partial charge is 0.422 e. The summed E-state index contributed by atoms with van der Waals surface area (Å²) in [5.41, 5.74) is 0. The van der Waals surface area contributed by atoms with Gasteiger partial charge in [-0.25, -0.2) is 0 Å². The first-order chi connectivity index (χ1) is 6.76. The van der Waals surface area contributed by atoms with E-state index in [1.165, 1.54) is 0 Å². The SMILES string of the molecule is CC(=O)OC1=C(Br)C(O)(Br)C(O)CC1=O. The first-order valence-corrected chi connectivity index (χ1v) is 5.56. The molecule has 84 valence electrons. The van der Waals surface area contributed by atoms with Gasteiger partial charge < -0.3 is 14.9 Å². The number of hydrogen-bond donors (Lipinski definition) is 2. The summed E-state index contributed by atoms with van der Waals surface area (Å²) >= 11 is 5.75. The highest BCUT2D eigenvalue weighted by Gasteiger charge is 2.45. The third kappa shape index (κ3) is 2.47. The summed E-state index contributed by atoms with van der Waals surface area (Å²) in [4.78, 5) is 22.1. The summed E-state index contributed by atoms with van der Waals surface area (Å²) in [5, 5.41) is 19.1. The van der Waals surface area contributed by atoms with Crippen LogP contribution in [0.25, 0.3) is 0 Å². The van der Waals surface area contributed by atoms with Crippen molar-refractivity contribution in [3.05, 3.63) is 10.2 Å². The number of alkyl halides is 1. The van der Waals surface area contributed by atoms with Crippen LogP contribution in [0, 0.1) is 0 Å². The van der Waals surface area contributed by atoms with Crippen molar-refractivity contribution in [3.8, 4) is 0 Å².